The number of hydrogen-bond donors (Lipinski definition) is 1. The highest BCUT2D eigenvalue weighted by molar-refractivity contribution is 5.27. The van der Waals surface area contributed by atoms with Gasteiger partial charge in [-0.1, -0.05) is 25.8 Å². The zero-order valence-corrected chi connectivity index (χ0v) is 10.0. The van der Waals surface area contributed by atoms with Gasteiger partial charge in [0.2, 0.25) is 5.95 Å². The van der Waals surface area contributed by atoms with E-state index in [4.69, 9.17) is 0 Å². The summed E-state index contributed by atoms with van der Waals surface area (Å²) in [6, 6.07) is 0.624. The number of nitrogens with one attached hydrogen (secondary N) is 1. The molecule has 0 bridgehead atoms. The number of nitrogens with zero attached hydrogens (tertiary/aromatic N) is 2. The normalized spacial score (nSPS) is 25.3. The molecular formula is C13H21N3. The highest BCUT2D eigenvalue weighted by Crippen LogP contribution is 2.33. The topological polar surface area (TPSA) is 29.9 Å². The van der Waals surface area contributed by atoms with Gasteiger partial charge >= 0.3 is 0 Å². The summed E-state index contributed by atoms with van der Waals surface area (Å²) in [7, 11) is 0. The van der Waals surface area contributed by atoms with Gasteiger partial charge in [0.25, 0.3) is 0 Å². The summed E-state index contributed by atoms with van der Waals surface area (Å²) < 4.78 is 2.29. The third kappa shape index (κ3) is 2.46. The number of hydrogen-bond acceptors (Lipinski definition) is 2. The van der Waals surface area contributed by atoms with Crippen LogP contribution in [0, 0.1) is 5.92 Å². The fraction of sp³-hybridized carbons (Fsp3) is 0.615. The maximum absolute atomic E-state index is 4.36. The van der Waals surface area contributed by atoms with Crippen LogP contribution in [0.1, 0.15) is 38.6 Å². The van der Waals surface area contributed by atoms with Crippen molar-refractivity contribution in [2.45, 2.75) is 38.6 Å². The Bertz CT molecular complexity index is 343. The lowest BCUT2D eigenvalue weighted by atomic mass is 9.87. The molecule has 1 fully saturated rings. The Morgan fingerprint density at radius 2 is 2.50 bits per heavy atom. The number of imidazole rings is 1. The maximum Gasteiger partial charge on any atom is 0.203 e. The molecule has 0 aliphatic heterocycles. The minimum atomic E-state index is 0.624. The molecule has 3 nitrogen and oxygen atoms in total. The minimum absolute atomic E-state index is 0.624. The second-order valence-electron chi connectivity index (χ2n) is 4.75. The van der Waals surface area contributed by atoms with Crippen molar-refractivity contribution in [3.05, 3.63) is 25.0 Å². The fourth-order valence-corrected chi connectivity index (χ4v) is 2.56. The molecule has 0 radical (unpaired) electrons. The quantitative estimate of drug-likeness (QED) is 0.788. The second kappa shape index (κ2) is 5.19. The predicted octanol–water partition coefficient (Wildman–Crippen LogP) is 3.23. The molecule has 0 aromatic carbocycles. The van der Waals surface area contributed by atoms with Gasteiger partial charge < -0.3 is 9.88 Å². The average molecular weight is 219 g/mol. The summed E-state index contributed by atoms with van der Waals surface area (Å²) in [6.07, 6.45) is 11.1. The van der Waals surface area contributed by atoms with Crippen LogP contribution < -0.4 is 5.32 Å². The first-order valence-electron chi connectivity index (χ1n) is 6.19. The van der Waals surface area contributed by atoms with Crippen molar-refractivity contribution in [1.29, 1.82) is 0 Å². The lowest BCUT2D eigenvalue weighted by Gasteiger charge is -2.28. The molecule has 0 spiro atoms. The Morgan fingerprint density at radius 1 is 1.62 bits per heavy atom. The molecule has 1 saturated carbocycles. The van der Waals surface area contributed by atoms with Gasteiger partial charge in [0.05, 0.1) is 0 Å². The molecule has 0 saturated heterocycles. The molecule has 16 heavy (non-hydrogen) atoms. The first-order chi connectivity index (χ1) is 7.81. The molecule has 1 aliphatic rings. The molecule has 88 valence electrons. The molecular weight excluding hydrogens is 198 g/mol. The predicted molar refractivity (Wildman–Crippen MR) is 67.6 cm³/mol. The van der Waals surface area contributed by atoms with E-state index in [2.05, 4.69) is 34.6 Å². The van der Waals surface area contributed by atoms with Crippen LogP contribution >= 0.6 is 0 Å². The van der Waals surface area contributed by atoms with Crippen LogP contribution in [0.15, 0.2) is 25.0 Å². The third-order valence-corrected chi connectivity index (χ3v) is 3.38. The van der Waals surface area contributed by atoms with Crippen LogP contribution in [0.25, 0.3) is 0 Å². The van der Waals surface area contributed by atoms with Crippen molar-refractivity contribution < 1.29 is 0 Å². The van der Waals surface area contributed by atoms with Crippen LogP contribution in [-0.4, -0.2) is 16.1 Å². The smallest absolute Gasteiger partial charge is 0.203 e. The Morgan fingerprint density at radius 3 is 3.25 bits per heavy atom. The van der Waals surface area contributed by atoms with Crippen LogP contribution in [0.5, 0.6) is 0 Å². The fourth-order valence-electron chi connectivity index (χ4n) is 2.56. The van der Waals surface area contributed by atoms with E-state index in [0.29, 0.717) is 6.04 Å². The highest BCUT2D eigenvalue weighted by Gasteiger charge is 2.21. The average Bonchev–Trinajstić information content (AvgIpc) is 2.74. The van der Waals surface area contributed by atoms with Crippen molar-refractivity contribution in [1.82, 2.24) is 9.55 Å². The van der Waals surface area contributed by atoms with E-state index < -0.39 is 0 Å². The summed E-state index contributed by atoms with van der Waals surface area (Å²) in [6.45, 7) is 6.84. The summed E-state index contributed by atoms with van der Waals surface area (Å²) in [4.78, 5) is 4.36. The van der Waals surface area contributed by atoms with E-state index in [1.165, 1.54) is 25.7 Å². The van der Waals surface area contributed by atoms with Gasteiger partial charge in [-0.2, -0.15) is 0 Å². The third-order valence-electron chi connectivity index (χ3n) is 3.38. The molecule has 0 amide bonds. The summed E-state index contributed by atoms with van der Waals surface area (Å²) in [5.41, 5.74) is 0. The van der Waals surface area contributed by atoms with Crippen LogP contribution in [0.2, 0.25) is 0 Å². The van der Waals surface area contributed by atoms with E-state index in [-0.39, 0.29) is 0 Å². The van der Waals surface area contributed by atoms with Crippen LogP contribution in [0.4, 0.5) is 5.95 Å². The van der Waals surface area contributed by atoms with Crippen LogP contribution in [-0.2, 0) is 0 Å². The number of anilines is 1. The molecule has 2 atom stereocenters. The first kappa shape index (κ1) is 11.2. The molecule has 1 aliphatic carbocycles. The van der Waals surface area contributed by atoms with Crippen molar-refractivity contribution >= 4 is 5.95 Å². The van der Waals surface area contributed by atoms with Gasteiger partial charge in [-0.15, -0.1) is 6.58 Å². The standard InChI is InChI=1S/C13H21N3/c1-3-7-14-13-15-8-9-16(13)12-6-4-5-11(2)10-12/h3,8-9,11-12H,1,4-7,10H2,2H3,(H,14,15). The molecule has 1 aromatic rings. The van der Waals surface area contributed by atoms with Crippen molar-refractivity contribution in [2.75, 3.05) is 11.9 Å². The van der Waals surface area contributed by atoms with Crippen molar-refractivity contribution in [2.24, 2.45) is 5.92 Å². The Hall–Kier alpha value is -1.25. The summed E-state index contributed by atoms with van der Waals surface area (Å²) in [5, 5.41) is 3.29. The Balaban J connectivity index is 2.06. The lowest BCUT2D eigenvalue weighted by molar-refractivity contribution is 0.284. The van der Waals surface area contributed by atoms with Gasteiger partial charge in [0.15, 0.2) is 0 Å². The molecule has 1 N–H and O–H groups in total. The molecule has 1 aromatic heterocycles. The van der Waals surface area contributed by atoms with Gasteiger partial charge in [-0.25, -0.2) is 4.98 Å². The number of rotatable bonds is 4. The first-order valence-corrected chi connectivity index (χ1v) is 6.19. The van der Waals surface area contributed by atoms with E-state index in [1.54, 1.807) is 0 Å². The SMILES string of the molecule is C=CCNc1nccn1C1CCCC(C)C1. The molecule has 2 unspecified atom stereocenters. The molecule has 1 heterocycles. The van der Waals surface area contributed by atoms with Gasteiger partial charge in [-0.05, 0) is 18.8 Å². The van der Waals surface area contributed by atoms with E-state index in [9.17, 15) is 0 Å². The van der Waals surface area contributed by atoms with E-state index in [0.717, 1.165) is 18.4 Å². The van der Waals surface area contributed by atoms with Crippen molar-refractivity contribution in [3.8, 4) is 0 Å². The van der Waals surface area contributed by atoms with E-state index >= 15 is 0 Å². The minimum Gasteiger partial charge on any atom is -0.352 e. The molecule has 2 rings (SSSR count). The zero-order chi connectivity index (χ0) is 11.4. The van der Waals surface area contributed by atoms with Crippen LogP contribution in [0.3, 0.4) is 0 Å². The van der Waals surface area contributed by atoms with Crippen molar-refractivity contribution in [3.63, 3.8) is 0 Å². The summed E-state index contributed by atoms with van der Waals surface area (Å²) >= 11 is 0. The Labute approximate surface area is 97.6 Å². The summed E-state index contributed by atoms with van der Waals surface area (Å²) in [5.74, 6) is 1.83. The highest BCUT2D eigenvalue weighted by atomic mass is 15.2. The van der Waals surface area contributed by atoms with Gasteiger partial charge in [0.1, 0.15) is 0 Å². The second-order valence-corrected chi connectivity index (χ2v) is 4.75. The van der Waals surface area contributed by atoms with Gasteiger partial charge in [0, 0.05) is 25.0 Å². The molecule has 3 heteroatoms. The van der Waals surface area contributed by atoms with Gasteiger partial charge in [-0.3, -0.25) is 0 Å². The monoisotopic (exact) mass is 219 g/mol. The number of aromatic nitrogens is 2. The largest absolute Gasteiger partial charge is 0.352 e. The lowest BCUT2D eigenvalue weighted by Crippen LogP contribution is -2.19. The zero-order valence-electron chi connectivity index (χ0n) is 10.0. The Kier molecular flexibility index (Phi) is 3.65. The maximum atomic E-state index is 4.36. The van der Waals surface area contributed by atoms with E-state index in [1.807, 2.05) is 12.3 Å².